The maximum Gasteiger partial charge on any atom is 0.103 e. The van der Waals surface area contributed by atoms with Crippen molar-refractivity contribution in [3.63, 3.8) is 0 Å². The van der Waals surface area contributed by atoms with Gasteiger partial charge in [-0.25, -0.2) is 0 Å². The van der Waals surface area contributed by atoms with Gasteiger partial charge in [-0.2, -0.15) is 0 Å². The molecule has 3 heteroatoms. The van der Waals surface area contributed by atoms with Crippen LogP contribution in [0.15, 0.2) is 11.4 Å². The lowest BCUT2D eigenvalue weighted by Gasteiger charge is -2.13. The van der Waals surface area contributed by atoms with Gasteiger partial charge in [0.1, 0.15) is 6.10 Å². The molecule has 0 bridgehead atoms. The minimum Gasteiger partial charge on any atom is -0.386 e. The third kappa shape index (κ3) is 1.80. The fourth-order valence-electron chi connectivity index (χ4n) is 0.926. The van der Waals surface area contributed by atoms with Crippen LogP contribution in [-0.2, 0) is 0 Å². The first-order valence-electron chi connectivity index (χ1n) is 3.60. The van der Waals surface area contributed by atoms with E-state index in [-0.39, 0.29) is 6.04 Å². The molecule has 0 aromatic carbocycles. The van der Waals surface area contributed by atoms with Crippen LogP contribution in [0.5, 0.6) is 0 Å². The third-order valence-corrected chi connectivity index (χ3v) is 2.76. The number of thiophene rings is 1. The first kappa shape index (κ1) is 8.71. The Morgan fingerprint density at radius 1 is 1.64 bits per heavy atom. The molecule has 11 heavy (non-hydrogen) atoms. The Morgan fingerprint density at radius 3 is 2.64 bits per heavy atom. The van der Waals surface area contributed by atoms with Crippen molar-refractivity contribution in [1.29, 1.82) is 0 Å². The van der Waals surface area contributed by atoms with Crippen LogP contribution in [0, 0.1) is 6.92 Å². The van der Waals surface area contributed by atoms with E-state index in [1.165, 1.54) is 0 Å². The van der Waals surface area contributed by atoms with Crippen LogP contribution in [0.2, 0.25) is 0 Å². The van der Waals surface area contributed by atoms with Gasteiger partial charge in [0.25, 0.3) is 0 Å². The molecule has 0 aliphatic carbocycles. The lowest BCUT2D eigenvalue weighted by atomic mass is 10.1. The highest BCUT2D eigenvalue weighted by molar-refractivity contribution is 7.10. The zero-order valence-electron chi connectivity index (χ0n) is 6.74. The molecule has 2 nitrogen and oxygen atoms in total. The molecule has 0 saturated heterocycles. The van der Waals surface area contributed by atoms with Crippen LogP contribution < -0.4 is 5.73 Å². The molecule has 0 fully saturated rings. The molecule has 2 atom stereocenters. The van der Waals surface area contributed by atoms with Crippen molar-refractivity contribution in [1.82, 2.24) is 0 Å². The number of nitrogens with two attached hydrogens (primary N) is 1. The Balaban J connectivity index is 2.84. The Kier molecular flexibility index (Phi) is 2.65. The summed E-state index contributed by atoms with van der Waals surface area (Å²) in [6, 6.07) is 1.80. The Morgan fingerprint density at radius 2 is 2.27 bits per heavy atom. The third-order valence-electron chi connectivity index (χ3n) is 1.67. The summed E-state index contributed by atoms with van der Waals surface area (Å²) in [5, 5.41) is 11.5. The molecule has 1 rings (SSSR count). The Bertz CT molecular complexity index is 232. The monoisotopic (exact) mass is 171 g/mol. The van der Waals surface area contributed by atoms with Gasteiger partial charge in [-0.3, -0.25) is 0 Å². The molecule has 0 amide bonds. The number of hydrogen-bond donors (Lipinski definition) is 2. The molecule has 0 radical (unpaired) electrons. The second-order valence-electron chi connectivity index (χ2n) is 2.77. The second kappa shape index (κ2) is 3.34. The van der Waals surface area contributed by atoms with Gasteiger partial charge < -0.3 is 10.8 Å². The van der Waals surface area contributed by atoms with Crippen molar-refractivity contribution >= 4 is 11.3 Å². The van der Waals surface area contributed by atoms with Crippen molar-refractivity contribution in [3.05, 3.63) is 21.9 Å². The van der Waals surface area contributed by atoms with Crippen LogP contribution >= 0.6 is 11.3 Å². The van der Waals surface area contributed by atoms with E-state index in [1.807, 2.05) is 25.3 Å². The van der Waals surface area contributed by atoms with Crippen LogP contribution in [0.4, 0.5) is 0 Å². The summed E-state index contributed by atoms with van der Waals surface area (Å²) in [5.74, 6) is 0. The topological polar surface area (TPSA) is 46.2 Å². The summed E-state index contributed by atoms with van der Waals surface area (Å²) < 4.78 is 0. The molecule has 0 aliphatic rings. The summed E-state index contributed by atoms with van der Waals surface area (Å²) in [6.45, 7) is 3.79. The van der Waals surface area contributed by atoms with Gasteiger partial charge in [-0.1, -0.05) is 0 Å². The zero-order chi connectivity index (χ0) is 8.43. The first-order chi connectivity index (χ1) is 5.13. The quantitative estimate of drug-likeness (QED) is 0.707. The minimum atomic E-state index is -0.505. The summed E-state index contributed by atoms with van der Waals surface area (Å²) in [7, 11) is 0. The van der Waals surface area contributed by atoms with E-state index in [9.17, 15) is 5.11 Å². The largest absolute Gasteiger partial charge is 0.386 e. The summed E-state index contributed by atoms with van der Waals surface area (Å²) in [6.07, 6.45) is -0.505. The van der Waals surface area contributed by atoms with Gasteiger partial charge in [-0.15, -0.1) is 11.3 Å². The SMILES string of the molecule is Cc1ccsc1[C@H](O)[C@@H](C)N. The predicted molar refractivity (Wildman–Crippen MR) is 47.7 cm³/mol. The maximum absolute atomic E-state index is 9.55. The van der Waals surface area contributed by atoms with Crippen molar-refractivity contribution in [2.75, 3.05) is 0 Å². The molecule has 1 aromatic heterocycles. The van der Waals surface area contributed by atoms with E-state index in [0.717, 1.165) is 10.4 Å². The maximum atomic E-state index is 9.55. The number of aryl methyl sites for hydroxylation is 1. The van der Waals surface area contributed by atoms with E-state index < -0.39 is 6.10 Å². The number of aliphatic hydroxyl groups is 1. The molecule has 0 saturated carbocycles. The van der Waals surface area contributed by atoms with Gasteiger partial charge >= 0.3 is 0 Å². The molecule has 0 spiro atoms. The summed E-state index contributed by atoms with van der Waals surface area (Å²) in [5.41, 5.74) is 6.68. The van der Waals surface area contributed by atoms with Gasteiger partial charge in [0, 0.05) is 10.9 Å². The fraction of sp³-hybridized carbons (Fsp3) is 0.500. The van der Waals surface area contributed by atoms with E-state index in [1.54, 1.807) is 11.3 Å². The lowest BCUT2D eigenvalue weighted by molar-refractivity contribution is 0.156. The van der Waals surface area contributed by atoms with Crippen LogP contribution in [0.25, 0.3) is 0 Å². The Hall–Kier alpha value is -0.380. The van der Waals surface area contributed by atoms with Crippen LogP contribution in [-0.4, -0.2) is 11.1 Å². The van der Waals surface area contributed by atoms with E-state index in [2.05, 4.69) is 0 Å². The molecule has 1 aromatic rings. The standard InChI is InChI=1S/C8H13NOS/c1-5-3-4-11-8(5)7(10)6(2)9/h3-4,6-7,10H,9H2,1-2H3/t6-,7-/m1/s1. The van der Waals surface area contributed by atoms with E-state index in [4.69, 9.17) is 5.73 Å². The smallest absolute Gasteiger partial charge is 0.103 e. The average Bonchev–Trinajstić information content (AvgIpc) is 2.33. The molecule has 3 N–H and O–H groups in total. The number of aliphatic hydroxyl groups excluding tert-OH is 1. The summed E-state index contributed by atoms with van der Waals surface area (Å²) in [4.78, 5) is 0.986. The van der Waals surface area contributed by atoms with Gasteiger partial charge in [0.05, 0.1) is 0 Å². The minimum absolute atomic E-state index is 0.188. The number of rotatable bonds is 2. The highest BCUT2D eigenvalue weighted by atomic mass is 32.1. The van der Waals surface area contributed by atoms with Crippen molar-refractivity contribution in [3.8, 4) is 0 Å². The second-order valence-corrected chi connectivity index (χ2v) is 3.72. The molecule has 0 unspecified atom stereocenters. The van der Waals surface area contributed by atoms with E-state index >= 15 is 0 Å². The van der Waals surface area contributed by atoms with Crippen molar-refractivity contribution < 1.29 is 5.11 Å². The molecular formula is C8H13NOS. The van der Waals surface area contributed by atoms with Crippen LogP contribution in [0.3, 0.4) is 0 Å². The number of hydrogen-bond acceptors (Lipinski definition) is 3. The van der Waals surface area contributed by atoms with Gasteiger partial charge in [-0.05, 0) is 30.9 Å². The van der Waals surface area contributed by atoms with Crippen molar-refractivity contribution in [2.45, 2.75) is 26.0 Å². The summed E-state index contributed by atoms with van der Waals surface area (Å²) >= 11 is 1.56. The van der Waals surface area contributed by atoms with E-state index in [0.29, 0.717) is 0 Å². The highest BCUT2D eigenvalue weighted by Gasteiger charge is 2.15. The molecule has 1 heterocycles. The van der Waals surface area contributed by atoms with Gasteiger partial charge in [0.15, 0.2) is 0 Å². The fourth-order valence-corrected chi connectivity index (χ4v) is 1.95. The van der Waals surface area contributed by atoms with Crippen molar-refractivity contribution in [2.24, 2.45) is 5.73 Å². The normalized spacial score (nSPS) is 16.4. The molecule has 0 aliphatic heterocycles. The van der Waals surface area contributed by atoms with Gasteiger partial charge in [0.2, 0.25) is 0 Å². The molecular weight excluding hydrogens is 158 g/mol. The highest BCUT2D eigenvalue weighted by Crippen LogP contribution is 2.24. The van der Waals surface area contributed by atoms with Crippen LogP contribution in [0.1, 0.15) is 23.5 Å². The molecule has 62 valence electrons. The predicted octanol–water partition coefficient (Wildman–Crippen LogP) is 1.44. The first-order valence-corrected chi connectivity index (χ1v) is 4.48. The lowest BCUT2D eigenvalue weighted by Crippen LogP contribution is -2.24. The average molecular weight is 171 g/mol. The zero-order valence-corrected chi connectivity index (χ0v) is 7.56. The Labute approximate surface area is 70.7 Å².